The molecule has 1 fully saturated rings. The lowest BCUT2D eigenvalue weighted by Gasteiger charge is -2.24. The first-order valence-corrected chi connectivity index (χ1v) is 10.5. The summed E-state index contributed by atoms with van der Waals surface area (Å²) in [5.41, 5.74) is 4.37. The van der Waals surface area contributed by atoms with E-state index in [1.54, 1.807) is 6.07 Å². The molecule has 1 atom stereocenters. The van der Waals surface area contributed by atoms with Gasteiger partial charge in [-0.15, -0.1) is 0 Å². The van der Waals surface area contributed by atoms with Crippen LogP contribution in [0.4, 0.5) is 4.39 Å². The van der Waals surface area contributed by atoms with E-state index in [0.29, 0.717) is 17.1 Å². The predicted octanol–water partition coefficient (Wildman–Crippen LogP) is 6.33. The summed E-state index contributed by atoms with van der Waals surface area (Å²) in [4.78, 5) is 7.23. The van der Waals surface area contributed by atoms with Crippen molar-refractivity contribution in [2.24, 2.45) is 0 Å². The molecular formula is C24H21ClFN3O. The second-order valence-corrected chi connectivity index (χ2v) is 8.28. The van der Waals surface area contributed by atoms with E-state index in [1.807, 2.05) is 37.3 Å². The molecule has 0 saturated carbocycles. The highest BCUT2D eigenvalue weighted by Crippen LogP contribution is 2.36. The number of hydrogen-bond donors (Lipinski definition) is 0. The molecule has 30 heavy (non-hydrogen) atoms. The van der Waals surface area contributed by atoms with E-state index in [9.17, 15) is 4.39 Å². The Morgan fingerprint density at radius 2 is 2.07 bits per heavy atom. The first-order valence-electron chi connectivity index (χ1n) is 10.1. The number of hydrogen-bond acceptors (Lipinski definition) is 4. The molecule has 4 aromatic rings. The Morgan fingerprint density at radius 3 is 2.87 bits per heavy atom. The summed E-state index contributed by atoms with van der Waals surface area (Å²) in [6.45, 7) is 3.63. The lowest BCUT2D eigenvalue weighted by atomic mass is 10.0. The van der Waals surface area contributed by atoms with Crippen LogP contribution in [0.25, 0.3) is 22.2 Å². The Balaban J connectivity index is 1.58. The molecule has 1 aliphatic heterocycles. The summed E-state index contributed by atoms with van der Waals surface area (Å²) < 4.78 is 19.4. The van der Waals surface area contributed by atoms with Crippen molar-refractivity contribution in [1.82, 2.24) is 15.0 Å². The molecule has 5 rings (SSSR count). The van der Waals surface area contributed by atoms with Gasteiger partial charge in [0.25, 0.3) is 0 Å². The van der Waals surface area contributed by atoms with Gasteiger partial charge >= 0.3 is 0 Å². The zero-order chi connectivity index (χ0) is 20.7. The van der Waals surface area contributed by atoms with Crippen LogP contribution in [0.1, 0.15) is 35.9 Å². The van der Waals surface area contributed by atoms with Crippen LogP contribution in [0.5, 0.6) is 0 Å². The van der Waals surface area contributed by atoms with E-state index < -0.39 is 0 Å². The smallest absolute Gasteiger partial charge is 0.154 e. The zero-order valence-electron chi connectivity index (χ0n) is 16.6. The van der Waals surface area contributed by atoms with E-state index in [2.05, 4.69) is 16.1 Å². The van der Waals surface area contributed by atoms with Gasteiger partial charge in [0.2, 0.25) is 0 Å². The number of rotatable bonds is 4. The molecule has 2 aromatic carbocycles. The van der Waals surface area contributed by atoms with Gasteiger partial charge in [-0.3, -0.25) is 4.90 Å². The molecule has 152 valence electrons. The molecule has 1 aliphatic rings. The van der Waals surface area contributed by atoms with E-state index in [4.69, 9.17) is 21.1 Å². The predicted molar refractivity (Wildman–Crippen MR) is 116 cm³/mol. The number of aromatic nitrogens is 2. The van der Waals surface area contributed by atoms with Crippen molar-refractivity contribution >= 4 is 22.5 Å². The van der Waals surface area contributed by atoms with Crippen LogP contribution in [-0.4, -0.2) is 21.6 Å². The Hall–Kier alpha value is -2.76. The average molecular weight is 422 g/mol. The van der Waals surface area contributed by atoms with E-state index in [-0.39, 0.29) is 11.9 Å². The monoisotopic (exact) mass is 421 g/mol. The first kappa shape index (κ1) is 19.2. The Kier molecular flexibility index (Phi) is 5.01. The lowest BCUT2D eigenvalue weighted by molar-refractivity contribution is 0.206. The fraction of sp³-hybridized carbons (Fsp3) is 0.250. The maximum Gasteiger partial charge on any atom is 0.154 e. The van der Waals surface area contributed by atoms with Gasteiger partial charge in [0.15, 0.2) is 5.76 Å². The summed E-state index contributed by atoms with van der Waals surface area (Å²) >= 11 is 6.25. The fourth-order valence-electron chi connectivity index (χ4n) is 4.29. The molecule has 0 aliphatic carbocycles. The van der Waals surface area contributed by atoms with Crippen LogP contribution >= 0.6 is 11.6 Å². The summed E-state index contributed by atoms with van der Waals surface area (Å²) in [5, 5.41) is 5.63. The van der Waals surface area contributed by atoms with E-state index in [0.717, 1.165) is 53.0 Å². The number of benzene rings is 2. The third-order valence-corrected chi connectivity index (χ3v) is 5.90. The quantitative estimate of drug-likeness (QED) is 0.386. The van der Waals surface area contributed by atoms with Gasteiger partial charge < -0.3 is 4.52 Å². The zero-order valence-corrected chi connectivity index (χ0v) is 17.4. The Morgan fingerprint density at radius 1 is 1.17 bits per heavy atom. The molecule has 3 heterocycles. The summed E-state index contributed by atoms with van der Waals surface area (Å²) in [6.07, 6.45) is 2.14. The van der Waals surface area contributed by atoms with Crippen LogP contribution in [0.2, 0.25) is 5.02 Å². The minimum absolute atomic E-state index is 0.197. The topological polar surface area (TPSA) is 42.2 Å². The fourth-order valence-corrected chi connectivity index (χ4v) is 4.48. The van der Waals surface area contributed by atoms with Gasteiger partial charge in [-0.2, -0.15) is 0 Å². The van der Waals surface area contributed by atoms with Crippen LogP contribution in [0.15, 0.2) is 59.1 Å². The Bertz CT molecular complexity index is 1220. The van der Waals surface area contributed by atoms with Crippen LogP contribution in [0.3, 0.4) is 0 Å². The number of aryl methyl sites for hydroxylation is 1. The minimum Gasteiger partial charge on any atom is -0.359 e. The number of pyridine rings is 1. The summed E-state index contributed by atoms with van der Waals surface area (Å²) in [6, 6.07) is 16.7. The molecule has 1 saturated heterocycles. The van der Waals surface area contributed by atoms with Gasteiger partial charge in [-0.05, 0) is 62.2 Å². The first-order chi connectivity index (χ1) is 14.6. The largest absolute Gasteiger partial charge is 0.359 e. The molecule has 0 N–H and O–H groups in total. The third kappa shape index (κ3) is 3.71. The van der Waals surface area contributed by atoms with Crippen LogP contribution in [0, 0.1) is 12.7 Å². The highest BCUT2D eigenvalue weighted by atomic mass is 35.5. The number of nitrogens with zero attached hydrogens (tertiary/aromatic N) is 3. The molecular weight excluding hydrogens is 401 g/mol. The SMILES string of the molecule is Cc1cc([C@@H]2CCCN2Cc2cc3ccc(F)cc3nc2-c2cccc(Cl)c2)on1. The van der Waals surface area contributed by atoms with E-state index >= 15 is 0 Å². The maximum absolute atomic E-state index is 13.8. The normalized spacial score (nSPS) is 17.1. The second-order valence-electron chi connectivity index (χ2n) is 7.84. The highest BCUT2D eigenvalue weighted by Gasteiger charge is 2.30. The van der Waals surface area contributed by atoms with Crippen molar-refractivity contribution in [2.75, 3.05) is 6.54 Å². The van der Waals surface area contributed by atoms with Crippen LogP contribution in [-0.2, 0) is 6.54 Å². The van der Waals surface area contributed by atoms with Crippen molar-refractivity contribution in [2.45, 2.75) is 32.4 Å². The van der Waals surface area contributed by atoms with Crippen molar-refractivity contribution in [1.29, 1.82) is 0 Å². The minimum atomic E-state index is -0.292. The van der Waals surface area contributed by atoms with Crippen molar-refractivity contribution in [3.63, 3.8) is 0 Å². The van der Waals surface area contributed by atoms with Gasteiger partial charge in [-0.25, -0.2) is 9.37 Å². The molecule has 0 bridgehead atoms. The Labute approximate surface area is 179 Å². The third-order valence-electron chi connectivity index (χ3n) is 5.67. The lowest BCUT2D eigenvalue weighted by Crippen LogP contribution is -2.23. The van der Waals surface area contributed by atoms with Gasteiger partial charge in [0.1, 0.15) is 5.82 Å². The van der Waals surface area contributed by atoms with Gasteiger partial charge in [0, 0.05) is 34.6 Å². The van der Waals surface area contributed by atoms with Gasteiger partial charge in [0.05, 0.1) is 22.9 Å². The van der Waals surface area contributed by atoms with E-state index in [1.165, 1.54) is 12.1 Å². The number of fused-ring (bicyclic) bond motifs is 1. The van der Waals surface area contributed by atoms with Crippen molar-refractivity contribution in [3.05, 3.63) is 82.5 Å². The molecule has 2 aromatic heterocycles. The molecule has 6 heteroatoms. The summed E-state index contributed by atoms with van der Waals surface area (Å²) in [5.74, 6) is 0.616. The molecule has 0 spiro atoms. The number of likely N-dealkylation sites (tertiary alicyclic amines) is 1. The van der Waals surface area contributed by atoms with Crippen LogP contribution < -0.4 is 0 Å². The molecule has 0 unspecified atom stereocenters. The van der Waals surface area contributed by atoms with Gasteiger partial charge in [-0.1, -0.05) is 28.9 Å². The molecule has 4 nitrogen and oxygen atoms in total. The maximum atomic E-state index is 13.8. The molecule has 0 radical (unpaired) electrons. The second kappa shape index (κ2) is 7.82. The summed E-state index contributed by atoms with van der Waals surface area (Å²) in [7, 11) is 0. The molecule has 0 amide bonds. The number of halogens is 2. The highest BCUT2D eigenvalue weighted by molar-refractivity contribution is 6.30. The average Bonchev–Trinajstić information content (AvgIpc) is 3.36. The van der Waals surface area contributed by atoms with Crippen molar-refractivity contribution < 1.29 is 8.91 Å². The van der Waals surface area contributed by atoms with Crippen molar-refractivity contribution in [3.8, 4) is 11.3 Å². The standard InChI is InChI=1S/C24H21ClFN3O/c1-15-10-23(30-28-15)22-6-3-9-29(22)14-18-11-16-7-8-20(26)13-21(16)27-24(18)17-4-2-5-19(25)12-17/h2,4-5,7-8,10-13,22H,3,6,9,14H2,1H3/t22-/m0/s1.